The Morgan fingerprint density at radius 2 is 1.02 bits per heavy atom. The predicted octanol–water partition coefficient (Wildman–Crippen LogP) is 11.8. The molecule has 1 atom stereocenters. The zero-order chi connectivity index (χ0) is 35.2. The van der Waals surface area contributed by atoms with Crippen LogP contribution in [-0.4, -0.2) is 32.7 Å². The third kappa shape index (κ3) is 8.95. The second-order valence-corrected chi connectivity index (χ2v) is 16.5. The van der Waals surface area contributed by atoms with Crippen LogP contribution in [0.3, 0.4) is 0 Å². The molecule has 4 aromatic rings. The number of anilines is 3. The molecular weight excluding hydrogens is 583 g/mol. The van der Waals surface area contributed by atoms with Crippen molar-refractivity contribution < 1.29 is 0 Å². The van der Waals surface area contributed by atoms with Crippen LogP contribution in [0.4, 0.5) is 17.1 Å². The van der Waals surface area contributed by atoms with Crippen LogP contribution in [0.25, 0.3) is 10.8 Å². The van der Waals surface area contributed by atoms with Crippen LogP contribution in [0, 0.1) is 36.5 Å². The Morgan fingerprint density at radius 3 is 1.52 bits per heavy atom. The summed E-state index contributed by atoms with van der Waals surface area (Å²) in [5.41, 5.74) is 8.86. The molecule has 0 bridgehead atoms. The SMILES string of the molecule is Cc1cc(N(CC(C)C)CC(C)C)ccc1C(C)(c1ccc(N(CC(C)C)CC(C)C)cc1)c1ccc(NCC(C)C)c2ccccc12. The summed E-state index contributed by atoms with van der Waals surface area (Å²) in [6.45, 7) is 33.1. The van der Waals surface area contributed by atoms with Crippen LogP contribution in [0.5, 0.6) is 0 Å². The molecule has 0 saturated carbocycles. The lowest BCUT2D eigenvalue weighted by Gasteiger charge is -2.36. The molecule has 1 N–H and O–H groups in total. The fraction of sp³-hybridized carbons (Fsp3) is 0.511. The first-order valence-electron chi connectivity index (χ1n) is 18.7. The lowest BCUT2D eigenvalue weighted by atomic mass is 9.68. The quantitative estimate of drug-likeness (QED) is 0.122. The van der Waals surface area contributed by atoms with Gasteiger partial charge in [0.25, 0.3) is 0 Å². The Bertz CT molecular complexity index is 1580. The molecule has 48 heavy (non-hydrogen) atoms. The highest BCUT2D eigenvalue weighted by molar-refractivity contribution is 5.97. The average Bonchev–Trinajstić information content (AvgIpc) is 3.01. The van der Waals surface area contributed by atoms with E-state index in [4.69, 9.17) is 0 Å². The number of rotatable bonds is 16. The number of aryl methyl sites for hydroxylation is 1. The van der Waals surface area contributed by atoms with Crippen LogP contribution in [0.15, 0.2) is 78.9 Å². The number of hydrogen-bond acceptors (Lipinski definition) is 3. The topological polar surface area (TPSA) is 18.5 Å². The van der Waals surface area contributed by atoms with Crippen molar-refractivity contribution in [2.75, 3.05) is 47.8 Å². The van der Waals surface area contributed by atoms with Crippen LogP contribution in [0.1, 0.15) is 98.4 Å². The van der Waals surface area contributed by atoms with E-state index in [0.29, 0.717) is 29.6 Å². The normalized spacial score (nSPS) is 13.3. The van der Waals surface area contributed by atoms with E-state index in [0.717, 1.165) is 32.7 Å². The predicted molar refractivity (Wildman–Crippen MR) is 214 cm³/mol. The van der Waals surface area contributed by atoms with Gasteiger partial charge in [0, 0.05) is 60.6 Å². The molecule has 0 aliphatic carbocycles. The molecule has 0 amide bonds. The Kier molecular flexibility index (Phi) is 12.7. The summed E-state index contributed by atoms with van der Waals surface area (Å²) < 4.78 is 0. The zero-order valence-corrected chi connectivity index (χ0v) is 32.3. The second kappa shape index (κ2) is 16.3. The first kappa shape index (κ1) is 37.4. The molecule has 0 heterocycles. The fourth-order valence-electron chi connectivity index (χ4n) is 7.40. The minimum atomic E-state index is -0.362. The number of hydrogen-bond donors (Lipinski definition) is 1. The van der Waals surface area contributed by atoms with Crippen molar-refractivity contribution >= 4 is 27.8 Å². The smallest absolute Gasteiger partial charge is 0.0432 e. The summed E-state index contributed by atoms with van der Waals surface area (Å²) in [6.07, 6.45) is 0. The van der Waals surface area contributed by atoms with Gasteiger partial charge in [-0.05, 0) is 101 Å². The number of fused-ring (bicyclic) bond motifs is 1. The van der Waals surface area contributed by atoms with E-state index in [2.05, 4.69) is 177 Å². The molecule has 4 aromatic carbocycles. The molecule has 4 rings (SSSR count). The highest BCUT2D eigenvalue weighted by Gasteiger charge is 2.35. The molecule has 0 fully saturated rings. The minimum absolute atomic E-state index is 0.362. The van der Waals surface area contributed by atoms with Crippen LogP contribution in [-0.2, 0) is 5.41 Å². The summed E-state index contributed by atoms with van der Waals surface area (Å²) in [6, 6.07) is 30.5. The molecule has 260 valence electrons. The Hall–Kier alpha value is -3.46. The Labute approximate surface area is 294 Å². The summed E-state index contributed by atoms with van der Waals surface area (Å²) in [5, 5.41) is 6.34. The standard InChI is InChI=1S/C45H65N3/c1-31(2)26-46-44-24-23-43(40-15-13-14-16-41(40)44)45(12,37-17-19-38(20-18-37)47(27-32(3)4)28-33(5)6)42-22-21-39(25-36(42)11)48(29-34(7)8)30-35(9)10/h13-25,31-35,46H,26-30H2,1-12H3. The van der Waals surface area contributed by atoms with Crippen molar-refractivity contribution in [3.05, 3.63) is 101 Å². The van der Waals surface area contributed by atoms with Crippen molar-refractivity contribution in [2.24, 2.45) is 29.6 Å². The van der Waals surface area contributed by atoms with E-state index >= 15 is 0 Å². The first-order valence-corrected chi connectivity index (χ1v) is 18.7. The number of benzene rings is 4. The van der Waals surface area contributed by atoms with Gasteiger partial charge in [0.05, 0.1) is 0 Å². The lowest BCUT2D eigenvalue weighted by Crippen LogP contribution is -2.32. The third-order valence-electron chi connectivity index (χ3n) is 9.43. The van der Waals surface area contributed by atoms with E-state index in [1.165, 1.54) is 50.1 Å². The lowest BCUT2D eigenvalue weighted by molar-refractivity contribution is 0.552. The first-order chi connectivity index (χ1) is 22.7. The molecule has 0 radical (unpaired) electrons. The van der Waals surface area contributed by atoms with E-state index in [1.54, 1.807) is 0 Å². The van der Waals surface area contributed by atoms with Crippen molar-refractivity contribution in [3.63, 3.8) is 0 Å². The monoisotopic (exact) mass is 648 g/mol. The molecule has 3 heteroatoms. The van der Waals surface area contributed by atoms with E-state index in [-0.39, 0.29) is 5.41 Å². The van der Waals surface area contributed by atoms with Crippen LogP contribution < -0.4 is 15.1 Å². The van der Waals surface area contributed by atoms with Gasteiger partial charge in [-0.15, -0.1) is 0 Å². The van der Waals surface area contributed by atoms with Crippen molar-refractivity contribution in [3.8, 4) is 0 Å². The van der Waals surface area contributed by atoms with Gasteiger partial charge in [-0.1, -0.05) is 118 Å². The maximum absolute atomic E-state index is 3.75. The van der Waals surface area contributed by atoms with Crippen molar-refractivity contribution in [2.45, 2.75) is 88.5 Å². The maximum atomic E-state index is 3.75. The van der Waals surface area contributed by atoms with E-state index in [1.807, 2.05) is 0 Å². The number of nitrogens with one attached hydrogen (secondary N) is 1. The summed E-state index contributed by atoms with van der Waals surface area (Å²) in [7, 11) is 0. The van der Waals surface area contributed by atoms with Gasteiger partial charge in [0.15, 0.2) is 0 Å². The summed E-state index contributed by atoms with van der Waals surface area (Å²) in [5.74, 6) is 3.00. The Morgan fingerprint density at radius 1 is 0.542 bits per heavy atom. The molecular formula is C45H65N3. The highest BCUT2D eigenvalue weighted by Crippen LogP contribution is 2.45. The zero-order valence-electron chi connectivity index (χ0n) is 32.3. The van der Waals surface area contributed by atoms with Crippen molar-refractivity contribution in [1.29, 1.82) is 0 Å². The molecule has 0 aliphatic rings. The molecule has 0 saturated heterocycles. The largest absolute Gasteiger partial charge is 0.384 e. The molecule has 0 spiro atoms. The molecule has 3 nitrogen and oxygen atoms in total. The van der Waals surface area contributed by atoms with Gasteiger partial charge >= 0.3 is 0 Å². The highest BCUT2D eigenvalue weighted by atomic mass is 15.1. The van der Waals surface area contributed by atoms with Gasteiger partial charge in [0.1, 0.15) is 0 Å². The van der Waals surface area contributed by atoms with Gasteiger partial charge in [0.2, 0.25) is 0 Å². The van der Waals surface area contributed by atoms with Gasteiger partial charge in [-0.25, -0.2) is 0 Å². The third-order valence-corrected chi connectivity index (χ3v) is 9.43. The molecule has 0 aromatic heterocycles. The molecule has 1 unspecified atom stereocenters. The fourth-order valence-corrected chi connectivity index (χ4v) is 7.40. The second-order valence-electron chi connectivity index (χ2n) is 16.5. The van der Waals surface area contributed by atoms with Gasteiger partial charge in [-0.2, -0.15) is 0 Å². The van der Waals surface area contributed by atoms with Crippen molar-refractivity contribution in [1.82, 2.24) is 0 Å². The van der Waals surface area contributed by atoms with Gasteiger partial charge < -0.3 is 15.1 Å². The molecule has 0 aliphatic heterocycles. The summed E-state index contributed by atoms with van der Waals surface area (Å²) in [4.78, 5) is 5.15. The number of nitrogens with zero attached hydrogens (tertiary/aromatic N) is 2. The Balaban J connectivity index is 1.92. The average molecular weight is 648 g/mol. The van der Waals surface area contributed by atoms with E-state index < -0.39 is 0 Å². The minimum Gasteiger partial charge on any atom is -0.384 e. The van der Waals surface area contributed by atoms with Crippen LogP contribution in [0.2, 0.25) is 0 Å². The van der Waals surface area contributed by atoms with Gasteiger partial charge in [-0.3, -0.25) is 0 Å². The van der Waals surface area contributed by atoms with Crippen LogP contribution >= 0.6 is 0 Å². The van der Waals surface area contributed by atoms with E-state index in [9.17, 15) is 0 Å². The summed E-state index contributed by atoms with van der Waals surface area (Å²) >= 11 is 0. The maximum Gasteiger partial charge on any atom is 0.0432 e.